The Morgan fingerprint density at radius 3 is 2.68 bits per heavy atom. The van der Waals surface area contributed by atoms with Gasteiger partial charge in [-0.2, -0.15) is 0 Å². The molecule has 0 aliphatic heterocycles. The maximum Gasteiger partial charge on any atom is 0.0410 e. The molecule has 0 fully saturated rings. The highest BCUT2D eigenvalue weighted by molar-refractivity contribution is 7.99. The maximum absolute atomic E-state index is 5.75. The van der Waals surface area contributed by atoms with Crippen molar-refractivity contribution in [1.29, 1.82) is 0 Å². The van der Waals surface area contributed by atoms with Crippen molar-refractivity contribution in [3.8, 4) is 0 Å². The quantitative estimate of drug-likeness (QED) is 0.782. The van der Waals surface area contributed by atoms with E-state index in [1.807, 2.05) is 12.3 Å². The predicted molar refractivity (Wildman–Crippen MR) is 80.2 cm³/mol. The number of benzene rings is 2. The van der Waals surface area contributed by atoms with E-state index in [0.717, 1.165) is 10.5 Å². The monoisotopic (exact) mass is 266 g/mol. The van der Waals surface area contributed by atoms with Gasteiger partial charge < -0.3 is 5.73 Å². The molecule has 0 spiro atoms. The summed E-state index contributed by atoms with van der Waals surface area (Å²) in [4.78, 5) is 6.51. The first kappa shape index (κ1) is 12.2. The number of nitrogens with two attached hydrogens (primary N) is 1. The third-order valence-electron chi connectivity index (χ3n) is 3.04. The van der Waals surface area contributed by atoms with Crippen LogP contribution in [-0.2, 0) is 6.54 Å². The second-order valence-electron chi connectivity index (χ2n) is 4.30. The predicted octanol–water partition coefficient (Wildman–Crippen LogP) is 3.84. The standard InChI is InChI=1S/C16H14N2S/c17-10-14-7-8-18-11-16(14)19-15-6-5-12-3-1-2-4-13(12)9-15/h1-9,11H,10,17H2. The van der Waals surface area contributed by atoms with Crippen molar-refractivity contribution in [2.75, 3.05) is 0 Å². The van der Waals surface area contributed by atoms with Crippen LogP contribution < -0.4 is 5.73 Å². The normalized spacial score (nSPS) is 10.8. The van der Waals surface area contributed by atoms with Crippen LogP contribution in [0.25, 0.3) is 10.8 Å². The first-order chi connectivity index (χ1) is 9.36. The van der Waals surface area contributed by atoms with Crippen molar-refractivity contribution < 1.29 is 0 Å². The lowest BCUT2D eigenvalue weighted by Crippen LogP contribution is -1.98. The average molecular weight is 266 g/mol. The highest BCUT2D eigenvalue weighted by Gasteiger charge is 2.04. The van der Waals surface area contributed by atoms with Crippen molar-refractivity contribution >= 4 is 22.5 Å². The zero-order chi connectivity index (χ0) is 13.1. The lowest BCUT2D eigenvalue weighted by Gasteiger charge is -2.07. The molecule has 0 atom stereocenters. The highest BCUT2D eigenvalue weighted by Crippen LogP contribution is 2.31. The summed E-state index contributed by atoms with van der Waals surface area (Å²) in [7, 11) is 0. The Bertz CT molecular complexity index is 710. The first-order valence-corrected chi connectivity index (χ1v) is 6.98. The van der Waals surface area contributed by atoms with Crippen LogP contribution >= 0.6 is 11.8 Å². The van der Waals surface area contributed by atoms with E-state index < -0.39 is 0 Å². The van der Waals surface area contributed by atoms with Gasteiger partial charge in [0.25, 0.3) is 0 Å². The third-order valence-corrected chi connectivity index (χ3v) is 4.12. The Labute approximate surface area is 116 Å². The maximum atomic E-state index is 5.75. The average Bonchev–Trinajstić information content (AvgIpc) is 2.48. The molecular weight excluding hydrogens is 252 g/mol. The zero-order valence-corrected chi connectivity index (χ0v) is 11.2. The number of fused-ring (bicyclic) bond motifs is 1. The number of nitrogens with zero attached hydrogens (tertiary/aromatic N) is 1. The fraction of sp³-hybridized carbons (Fsp3) is 0.0625. The van der Waals surface area contributed by atoms with Crippen LogP contribution in [0.2, 0.25) is 0 Å². The van der Waals surface area contributed by atoms with Gasteiger partial charge in [-0.15, -0.1) is 0 Å². The lowest BCUT2D eigenvalue weighted by molar-refractivity contribution is 1.00. The van der Waals surface area contributed by atoms with Crippen LogP contribution in [0.15, 0.2) is 70.7 Å². The van der Waals surface area contributed by atoms with Crippen molar-refractivity contribution in [2.24, 2.45) is 5.73 Å². The number of rotatable bonds is 3. The van der Waals surface area contributed by atoms with Gasteiger partial charge in [0.15, 0.2) is 0 Å². The van der Waals surface area contributed by atoms with E-state index in [1.54, 1.807) is 18.0 Å². The molecule has 0 radical (unpaired) electrons. The van der Waals surface area contributed by atoms with E-state index in [9.17, 15) is 0 Å². The van der Waals surface area contributed by atoms with Gasteiger partial charge in [0, 0.05) is 28.7 Å². The van der Waals surface area contributed by atoms with Crippen LogP contribution in [0.4, 0.5) is 0 Å². The number of aromatic nitrogens is 1. The Kier molecular flexibility index (Phi) is 3.49. The van der Waals surface area contributed by atoms with Gasteiger partial charge in [0.05, 0.1) is 0 Å². The molecule has 2 aromatic carbocycles. The summed E-state index contributed by atoms with van der Waals surface area (Å²) in [6.45, 7) is 0.540. The summed E-state index contributed by atoms with van der Waals surface area (Å²) in [5.41, 5.74) is 6.89. The minimum absolute atomic E-state index is 0.540. The molecule has 94 valence electrons. The molecule has 0 aliphatic carbocycles. The van der Waals surface area contributed by atoms with Crippen molar-refractivity contribution in [2.45, 2.75) is 16.3 Å². The van der Waals surface area contributed by atoms with Crippen molar-refractivity contribution in [1.82, 2.24) is 4.98 Å². The number of hydrogen-bond donors (Lipinski definition) is 1. The lowest BCUT2D eigenvalue weighted by atomic mass is 10.1. The molecule has 3 aromatic rings. The topological polar surface area (TPSA) is 38.9 Å². The van der Waals surface area contributed by atoms with Crippen molar-refractivity contribution in [3.05, 3.63) is 66.5 Å². The number of pyridine rings is 1. The Morgan fingerprint density at radius 2 is 1.84 bits per heavy atom. The summed E-state index contributed by atoms with van der Waals surface area (Å²) in [5, 5.41) is 2.52. The molecule has 2 nitrogen and oxygen atoms in total. The summed E-state index contributed by atoms with van der Waals surface area (Å²) < 4.78 is 0. The first-order valence-electron chi connectivity index (χ1n) is 6.16. The van der Waals surface area contributed by atoms with E-state index in [4.69, 9.17) is 5.73 Å². The van der Waals surface area contributed by atoms with E-state index in [-0.39, 0.29) is 0 Å². The molecule has 3 rings (SSSR count). The Balaban J connectivity index is 1.96. The number of hydrogen-bond acceptors (Lipinski definition) is 3. The summed E-state index contributed by atoms with van der Waals surface area (Å²) in [6.07, 6.45) is 3.66. The van der Waals surface area contributed by atoms with Gasteiger partial charge in [0.1, 0.15) is 0 Å². The molecule has 0 saturated heterocycles. The molecule has 3 heteroatoms. The molecule has 0 unspecified atom stereocenters. The van der Waals surface area contributed by atoms with E-state index in [1.165, 1.54) is 15.7 Å². The second-order valence-corrected chi connectivity index (χ2v) is 5.41. The summed E-state index contributed by atoms with van der Waals surface area (Å²) in [5.74, 6) is 0. The van der Waals surface area contributed by atoms with E-state index in [2.05, 4.69) is 47.4 Å². The van der Waals surface area contributed by atoms with Crippen LogP contribution in [0.3, 0.4) is 0 Å². The van der Waals surface area contributed by atoms with Gasteiger partial charge in [-0.05, 0) is 34.5 Å². The summed E-state index contributed by atoms with van der Waals surface area (Å²) >= 11 is 1.71. The fourth-order valence-electron chi connectivity index (χ4n) is 2.03. The minimum Gasteiger partial charge on any atom is -0.326 e. The minimum atomic E-state index is 0.540. The zero-order valence-electron chi connectivity index (χ0n) is 10.4. The Morgan fingerprint density at radius 1 is 1.00 bits per heavy atom. The largest absolute Gasteiger partial charge is 0.326 e. The molecule has 19 heavy (non-hydrogen) atoms. The van der Waals surface area contributed by atoms with Crippen LogP contribution in [0.5, 0.6) is 0 Å². The van der Waals surface area contributed by atoms with Gasteiger partial charge in [-0.3, -0.25) is 4.98 Å². The molecule has 0 saturated carbocycles. The van der Waals surface area contributed by atoms with E-state index in [0.29, 0.717) is 6.54 Å². The molecule has 1 heterocycles. The molecule has 0 aliphatic rings. The van der Waals surface area contributed by atoms with Crippen molar-refractivity contribution in [3.63, 3.8) is 0 Å². The molecule has 0 amide bonds. The molecule has 0 bridgehead atoms. The highest BCUT2D eigenvalue weighted by atomic mass is 32.2. The fourth-order valence-corrected chi connectivity index (χ4v) is 3.00. The smallest absolute Gasteiger partial charge is 0.0410 e. The van der Waals surface area contributed by atoms with Gasteiger partial charge in [0.2, 0.25) is 0 Å². The second kappa shape index (κ2) is 5.43. The van der Waals surface area contributed by atoms with Gasteiger partial charge >= 0.3 is 0 Å². The van der Waals surface area contributed by atoms with Crippen LogP contribution in [-0.4, -0.2) is 4.98 Å². The van der Waals surface area contributed by atoms with Crippen LogP contribution in [0.1, 0.15) is 5.56 Å². The van der Waals surface area contributed by atoms with Gasteiger partial charge in [-0.25, -0.2) is 0 Å². The van der Waals surface area contributed by atoms with Gasteiger partial charge in [-0.1, -0.05) is 42.1 Å². The SMILES string of the molecule is NCc1ccncc1Sc1ccc2ccccc2c1. The Hall–Kier alpha value is -1.84. The molecule has 1 aromatic heterocycles. The van der Waals surface area contributed by atoms with E-state index >= 15 is 0 Å². The third kappa shape index (κ3) is 2.62. The molecular formula is C16H14N2S. The van der Waals surface area contributed by atoms with Crippen LogP contribution in [0, 0.1) is 0 Å². The molecule has 2 N–H and O–H groups in total. The summed E-state index contributed by atoms with van der Waals surface area (Å²) in [6, 6.07) is 16.8.